The first-order valence-electron chi connectivity index (χ1n) is 2.77. The summed E-state index contributed by atoms with van der Waals surface area (Å²) in [6.07, 6.45) is 0. The number of rotatable bonds is 1. The molecular weight excluding hydrogens is 150 g/mol. The highest BCUT2D eigenvalue weighted by atomic mass is 28.3. The molecule has 58 valence electrons. The molecule has 0 aromatic carbocycles. The predicted octanol–water partition coefficient (Wildman–Crippen LogP) is -3.04. The van der Waals surface area contributed by atoms with Gasteiger partial charge in [-0.25, -0.2) is 0 Å². The second kappa shape index (κ2) is 6.43. The smallest absolute Gasteiger partial charge is 0.127 e. The summed E-state index contributed by atoms with van der Waals surface area (Å²) in [4.78, 5) is 9.25. The van der Waals surface area contributed by atoms with Crippen LogP contribution >= 0.6 is 0 Å². The average molecular weight is 167 g/mol. The fourth-order valence-electron chi connectivity index (χ4n) is 0. The zero-order valence-electron chi connectivity index (χ0n) is 6.97. The molecule has 0 unspecified atom stereocenters. The quantitative estimate of drug-likeness (QED) is 0.307. The third-order valence-electron chi connectivity index (χ3n) is 0.118. The lowest BCUT2D eigenvalue weighted by molar-refractivity contribution is -0.849. The Kier molecular flexibility index (Phi) is 8.60. The van der Waals surface area contributed by atoms with Crippen molar-refractivity contribution in [1.29, 1.82) is 0 Å². The molecule has 9 heavy (non-hydrogen) atoms. The van der Waals surface area contributed by atoms with Crippen LogP contribution in [0, 0.1) is 0 Å². The van der Waals surface area contributed by atoms with Crippen molar-refractivity contribution in [3.8, 4) is 0 Å². The van der Waals surface area contributed by atoms with Crippen molar-refractivity contribution in [2.45, 2.75) is 0 Å². The maximum atomic E-state index is 9.25. The van der Waals surface area contributed by atoms with Crippen LogP contribution in [-0.2, 0) is 4.12 Å². The summed E-state index contributed by atoms with van der Waals surface area (Å²) in [6, 6.07) is 0. The van der Waals surface area contributed by atoms with Gasteiger partial charge in [0, 0.05) is 10.0 Å². The van der Waals surface area contributed by atoms with Gasteiger partial charge in [-0.1, -0.05) is 0 Å². The van der Waals surface area contributed by atoms with E-state index >= 15 is 0 Å². The summed E-state index contributed by atoms with van der Waals surface area (Å²) in [5.74, 6) is 0. The summed E-state index contributed by atoms with van der Waals surface area (Å²) in [5.41, 5.74) is 0. The maximum Gasteiger partial charge on any atom is 0.127 e. The topological polar surface area (TPSA) is 32.3 Å². The minimum Gasteiger partial charge on any atom is -0.844 e. The molecule has 0 aliphatic rings. The van der Waals surface area contributed by atoms with E-state index in [-0.39, 0.29) is 0 Å². The molecule has 0 heterocycles. The zero-order chi connectivity index (χ0) is 7.91. The molecule has 0 aromatic rings. The maximum absolute atomic E-state index is 9.25. The standard InChI is InChI=1S/C4H12N.H5O2Si2/c1-5(2,3)4;1-4-2-3/h1-4H3;4H2,3H3/q+1;-1. The van der Waals surface area contributed by atoms with E-state index in [0.717, 1.165) is 4.48 Å². The van der Waals surface area contributed by atoms with Gasteiger partial charge in [-0.05, 0) is 0 Å². The fourth-order valence-corrected chi connectivity index (χ4v) is 0. The molecule has 5 heteroatoms. The summed E-state index contributed by atoms with van der Waals surface area (Å²) >= 11 is 0. The van der Waals surface area contributed by atoms with Crippen LogP contribution in [0.5, 0.6) is 0 Å². The van der Waals surface area contributed by atoms with E-state index in [9.17, 15) is 4.80 Å². The number of hydrogen-bond acceptors (Lipinski definition) is 2. The fraction of sp³-hybridized carbons (Fsp3) is 1.00. The Morgan fingerprint density at radius 1 is 1.33 bits per heavy atom. The highest BCUT2D eigenvalue weighted by molar-refractivity contribution is 6.24. The molecule has 0 aliphatic carbocycles. The molecular formula is C4H17NO2Si2. The van der Waals surface area contributed by atoms with Crippen molar-refractivity contribution in [2.24, 2.45) is 0 Å². The lowest BCUT2D eigenvalue weighted by atomic mass is 10.8. The van der Waals surface area contributed by atoms with E-state index in [4.69, 9.17) is 0 Å². The minimum absolute atomic E-state index is 0.639. The molecule has 0 radical (unpaired) electrons. The normalized spacial score (nSPS) is 11.7. The Morgan fingerprint density at radius 2 is 1.44 bits per heavy atom. The molecule has 0 atom stereocenters. The van der Waals surface area contributed by atoms with Crippen molar-refractivity contribution in [3.63, 3.8) is 0 Å². The lowest BCUT2D eigenvalue weighted by Gasteiger charge is -2.14. The Balaban J connectivity index is 0. The summed E-state index contributed by atoms with van der Waals surface area (Å²) in [6.45, 7) is 0. The molecule has 0 amide bonds. The number of hydrogen-bond donors (Lipinski definition) is 0. The number of nitrogens with zero attached hydrogens (tertiary/aromatic N) is 1. The summed E-state index contributed by atoms with van der Waals surface area (Å²) < 4.78 is 5.26. The van der Waals surface area contributed by atoms with E-state index in [1.165, 1.54) is 0 Å². The molecule has 0 saturated carbocycles. The van der Waals surface area contributed by atoms with Gasteiger partial charge in [-0.15, -0.1) is 0 Å². The third-order valence-corrected chi connectivity index (χ3v) is 1.06. The van der Waals surface area contributed by atoms with Gasteiger partial charge in [0.1, 0.15) is 10.5 Å². The molecule has 0 bridgehead atoms. The van der Waals surface area contributed by atoms with Crippen LogP contribution in [0.3, 0.4) is 0 Å². The van der Waals surface area contributed by atoms with Crippen LogP contribution in [0.4, 0.5) is 0 Å². The molecule has 0 spiro atoms. The van der Waals surface area contributed by atoms with Crippen LogP contribution in [0.2, 0.25) is 0 Å². The van der Waals surface area contributed by atoms with E-state index in [1.807, 2.05) is 0 Å². The van der Waals surface area contributed by atoms with Crippen molar-refractivity contribution < 1.29 is 13.4 Å². The Bertz CT molecular complexity index is 47.0. The first-order chi connectivity index (χ1) is 3.91. The summed E-state index contributed by atoms with van der Waals surface area (Å²) in [7, 11) is 7.88. The zero-order valence-corrected chi connectivity index (χ0v) is 10.4. The van der Waals surface area contributed by atoms with Crippen molar-refractivity contribution in [2.75, 3.05) is 28.2 Å². The minimum atomic E-state index is -1.26. The van der Waals surface area contributed by atoms with Crippen LogP contribution < -0.4 is 4.80 Å². The first kappa shape index (κ1) is 12.0. The van der Waals surface area contributed by atoms with Crippen molar-refractivity contribution >= 4 is 20.5 Å². The highest BCUT2D eigenvalue weighted by Crippen LogP contribution is 1.73. The monoisotopic (exact) mass is 167 g/mol. The van der Waals surface area contributed by atoms with E-state index in [2.05, 4.69) is 32.3 Å². The first-order valence-corrected chi connectivity index (χ1v) is 4.75. The van der Waals surface area contributed by atoms with Gasteiger partial charge in [0.15, 0.2) is 0 Å². The van der Waals surface area contributed by atoms with Gasteiger partial charge in [0.05, 0.1) is 28.2 Å². The van der Waals surface area contributed by atoms with Crippen LogP contribution in [-0.4, -0.2) is 53.2 Å². The highest BCUT2D eigenvalue weighted by Gasteiger charge is 1.88. The van der Waals surface area contributed by atoms with Gasteiger partial charge >= 0.3 is 0 Å². The van der Waals surface area contributed by atoms with E-state index < -0.39 is 10.0 Å². The summed E-state index contributed by atoms with van der Waals surface area (Å²) in [5, 5.41) is 0. The van der Waals surface area contributed by atoms with Gasteiger partial charge in [0.2, 0.25) is 0 Å². The predicted molar refractivity (Wildman–Crippen MR) is 43.5 cm³/mol. The van der Waals surface area contributed by atoms with Crippen molar-refractivity contribution in [3.05, 3.63) is 0 Å². The second-order valence-corrected chi connectivity index (χ2v) is 5.63. The Labute approximate surface area is 62.8 Å². The Hall–Kier alpha value is 0.314. The van der Waals surface area contributed by atoms with Gasteiger partial charge in [-0.2, -0.15) is 0 Å². The Morgan fingerprint density at radius 3 is 1.44 bits per heavy atom. The average Bonchev–Trinajstić information content (AvgIpc) is 1.61. The van der Waals surface area contributed by atoms with Crippen molar-refractivity contribution in [1.82, 2.24) is 0 Å². The second-order valence-electron chi connectivity index (χ2n) is 3.09. The molecule has 0 aromatic heterocycles. The van der Waals surface area contributed by atoms with Gasteiger partial charge in [-0.3, -0.25) is 0 Å². The van der Waals surface area contributed by atoms with E-state index in [0.29, 0.717) is 10.5 Å². The molecule has 3 nitrogen and oxygen atoms in total. The van der Waals surface area contributed by atoms with Gasteiger partial charge in [0.25, 0.3) is 0 Å². The van der Waals surface area contributed by atoms with Crippen LogP contribution in [0.25, 0.3) is 0 Å². The van der Waals surface area contributed by atoms with Crippen LogP contribution in [0.15, 0.2) is 0 Å². The number of quaternary nitrogens is 1. The lowest BCUT2D eigenvalue weighted by Crippen LogP contribution is -2.27. The molecule has 0 N–H and O–H groups in total. The van der Waals surface area contributed by atoms with Gasteiger partial charge < -0.3 is 13.4 Å². The van der Waals surface area contributed by atoms with E-state index in [1.54, 1.807) is 0 Å². The SMILES string of the molecule is C[N+](C)(C)C.[O-][SiH2]O[SiH3]. The third kappa shape index (κ3) is 192. The largest absolute Gasteiger partial charge is 0.844 e. The molecule has 0 saturated heterocycles. The molecule has 0 rings (SSSR count). The molecule has 0 fully saturated rings. The molecule has 0 aliphatic heterocycles. The van der Waals surface area contributed by atoms with Crippen LogP contribution in [0.1, 0.15) is 0 Å².